The van der Waals surface area contributed by atoms with Crippen LogP contribution in [0.4, 0.5) is 13.2 Å². The Morgan fingerprint density at radius 2 is 1.91 bits per heavy atom. The minimum atomic E-state index is -4.38. The number of aromatic nitrogens is 1. The van der Waals surface area contributed by atoms with Crippen LogP contribution in [0.3, 0.4) is 0 Å². The lowest BCUT2D eigenvalue weighted by Gasteiger charge is -2.11. The first-order valence-corrected chi connectivity index (χ1v) is 6.54. The van der Waals surface area contributed by atoms with Gasteiger partial charge in [-0.1, -0.05) is 18.2 Å². The third kappa shape index (κ3) is 2.90. The number of benzene rings is 1. The van der Waals surface area contributed by atoms with E-state index in [1.807, 2.05) is 0 Å². The summed E-state index contributed by atoms with van der Waals surface area (Å²) in [5.41, 5.74) is 6.81. The lowest BCUT2D eigenvalue weighted by atomic mass is 10.1. The molecule has 22 heavy (non-hydrogen) atoms. The number of carbonyl (C=O) groups excluding carboxylic acids is 1. The van der Waals surface area contributed by atoms with E-state index in [1.165, 1.54) is 12.1 Å². The van der Waals surface area contributed by atoms with Crippen LogP contribution in [0, 0.1) is 6.92 Å². The second-order valence-corrected chi connectivity index (χ2v) is 4.87. The van der Waals surface area contributed by atoms with E-state index in [4.69, 9.17) is 5.73 Å². The molecule has 3 nitrogen and oxygen atoms in total. The lowest BCUT2D eigenvalue weighted by Crippen LogP contribution is -2.12. The summed E-state index contributed by atoms with van der Waals surface area (Å²) >= 11 is 0. The number of amides is 1. The van der Waals surface area contributed by atoms with Crippen molar-refractivity contribution in [2.24, 2.45) is 5.73 Å². The fourth-order valence-electron chi connectivity index (χ4n) is 2.33. The molecule has 0 fully saturated rings. The minimum Gasteiger partial charge on any atom is -0.366 e. The van der Waals surface area contributed by atoms with Gasteiger partial charge in [0.05, 0.1) is 11.1 Å². The maximum atomic E-state index is 12.6. The van der Waals surface area contributed by atoms with Crippen LogP contribution in [0.15, 0.2) is 43.0 Å². The first-order valence-electron chi connectivity index (χ1n) is 6.54. The Morgan fingerprint density at radius 1 is 1.32 bits per heavy atom. The number of halogens is 3. The minimum absolute atomic E-state index is 0.344. The molecule has 6 heteroatoms. The highest BCUT2D eigenvalue weighted by atomic mass is 19.4. The fraction of sp³-hybridized carbons (Fsp3) is 0.188. The average molecular weight is 308 g/mol. The van der Waals surface area contributed by atoms with E-state index < -0.39 is 17.6 Å². The topological polar surface area (TPSA) is 48.0 Å². The van der Waals surface area contributed by atoms with Crippen molar-refractivity contribution in [3.05, 3.63) is 59.8 Å². The van der Waals surface area contributed by atoms with Crippen molar-refractivity contribution in [3.8, 4) is 11.3 Å². The summed E-state index contributed by atoms with van der Waals surface area (Å²) in [6.07, 6.45) is -2.73. The van der Waals surface area contributed by atoms with Crippen LogP contribution in [-0.4, -0.2) is 10.5 Å². The molecule has 0 atom stereocenters. The van der Waals surface area contributed by atoms with Crippen molar-refractivity contribution in [3.63, 3.8) is 0 Å². The van der Waals surface area contributed by atoms with Gasteiger partial charge in [-0.3, -0.25) is 4.79 Å². The number of allylic oxidation sites excluding steroid dienone is 1. The number of nitrogens with two attached hydrogens (primary N) is 1. The smallest absolute Gasteiger partial charge is 0.366 e. The number of nitrogens with zero attached hydrogens (tertiary/aromatic N) is 1. The summed E-state index contributed by atoms with van der Waals surface area (Å²) < 4.78 is 39.6. The molecule has 0 aliphatic heterocycles. The van der Waals surface area contributed by atoms with E-state index in [1.54, 1.807) is 23.6 Å². The van der Waals surface area contributed by atoms with Crippen molar-refractivity contribution in [2.75, 3.05) is 0 Å². The molecule has 0 saturated heterocycles. The molecule has 2 aromatic rings. The first kappa shape index (κ1) is 15.9. The molecule has 2 rings (SSSR count). The number of primary amides is 1. The quantitative estimate of drug-likeness (QED) is 0.859. The average Bonchev–Trinajstić information content (AvgIpc) is 2.76. The van der Waals surface area contributed by atoms with Crippen LogP contribution in [0.25, 0.3) is 11.3 Å². The fourth-order valence-corrected chi connectivity index (χ4v) is 2.33. The number of rotatable bonds is 4. The Morgan fingerprint density at radius 3 is 2.36 bits per heavy atom. The highest BCUT2D eigenvalue weighted by molar-refractivity contribution is 5.95. The van der Waals surface area contributed by atoms with E-state index in [-0.39, 0.29) is 0 Å². The predicted octanol–water partition coefficient (Wildman–Crippen LogP) is 3.77. The normalized spacial score (nSPS) is 11.5. The van der Waals surface area contributed by atoms with Gasteiger partial charge in [0, 0.05) is 17.9 Å². The van der Waals surface area contributed by atoms with Gasteiger partial charge < -0.3 is 10.3 Å². The second-order valence-electron chi connectivity index (χ2n) is 4.87. The molecular weight excluding hydrogens is 293 g/mol. The summed E-state index contributed by atoms with van der Waals surface area (Å²) in [6.45, 7) is 5.81. The largest absolute Gasteiger partial charge is 0.416 e. The second kappa shape index (κ2) is 5.71. The van der Waals surface area contributed by atoms with Crippen LogP contribution < -0.4 is 5.73 Å². The summed E-state index contributed by atoms with van der Waals surface area (Å²) in [4.78, 5) is 11.4. The highest BCUT2D eigenvalue weighted by Crippen LogP contribution is 2.32. The molecule has 0 spiro atoms. The van der Waals surface area contributed by atoms with Gasteiger partial charge in [0.2, 0.25) is 0 Å². The van der Waals surface area contributed by atoms with Gasteiger partial charge in [0.25, 0.3) is 5.91 Å². The zero-order valence-electron chi connectivity index (χ0n) is 11.9. The number of carbonyl (C=O) groups is 1. The Labute approximate surface area is 125 Å². The number of hydrogen-bond donors (Lipinski definition) is 1. The van der Waals surface area contributed by atoms with E-state index in [0.29, 0.717) is 29.1 Å². The van der Waals surface area contributed by atoms with Crippen LogP contribution in [-0.2, 0) is 12.7 Å². The van der Waals surface area contributed by atoms with Crippen molar-refractivity contribution in [1.82, 2.24) is 4.57 Å². The van der Waals surface area contributed by atoms with E-state index in [9.17, 15) is 18.0 Å². The third-order valence-electron chi connectivity index (χ3n) is 3.45. The molecule has 1 amide bonds. The SMILES string of the molecule is C=CCn1c(-c2ccc(C(F)(F)F)cc2)cc(C(N)=O)c1C. The molecule has 116 valence electrons. The van der Waals surface area contributed by atoms with Gasteiger partial charge >= 0.3 is 6.18 Å². The third-order valence-corrected chi connectivity index (χ3v) is 3.45. The van der Waals surface area contributed by atoms with E-state index in [2.05, 4.69) is 6.58 Å². The summed E-state index contributed by atoms with van der Waals surface area (Å²) in [5.74, 6) is -0.575. The molecule has 0 bridgehead atoms. The summed E-state index contributed by atoms with van der Waals surface area (Å²) in [6, 6.07) is 6.37. The van der Waals surface area contributed by atoms with Gasteiger partial charge in [-0.05, 0) is 30.7 Å². The zero-order valence-corrected chi connectivity index (χ0v) is 11.9. The maximum absolute atomic E-state index is 12.6. The van der Waals surface area contributed by atoms with Crippen LogP contribution in [0.1, 0.15) is 21.6 Å². The Balaban J connectivity index is 2.54. The highest BCUT2D eigenvalue weighted by Gasteiger charge is 2.30. The molecule has 0 aliphatic carbocycles. The Kier molecular flexibility index (Phi) is 4.12. The summed E-state index contributed by atoms with van der Waals surface area (Å²) in [7, 11) is 0. The van der Waals surface area contributed by atoms with Gasteiger partial charge in [0.15, 0.2) is 0 Å². The molecule has 1 heterocycles. The van der Waals surface area contributed by atoms with Crippen molar-refractivity contribution in [2.45, 2.75) is 19.6 Å². The molecule has 0 radical (unpaired) electrons. The van der Waals surface area contributed by atoms with Crippen LogP contribution in [0.5, 0.6) is 0 Å². The van der Waals surface area contributed by atoms with Gasteiger partial charge in [-0.15, -0.1) is 6.58 Å². The number of alkyl halides is 3. The zero-order chi connectivity index (χ0) is 16.5. The Hall–Kier alpha value is -2.50. The van der Waals surface area contributed by atoms with Gasteiger partial charge in [0.1, 0.15) is 0 Å². The van der Waals surface area contributed by atoms with E-state index >= 15 is 0 Å². The van der Waals surface area contributed by atoms with Crippen molar-refractivity contribution >= 4 is 5.91 Å². The number of hydrogen-bond acceptors (Lipinski definition) is 1. The predicted molar refractivity (Wildman–Crippen MR) is 78.3 cm³/mol. The lowest BCUT2D eigenvalue weighted by molar-refractivity contribution is -0.137. The molecule has 1 aromatic carbocycles. The standard InChI is InChI=1S/C16H15F3N2O/c1-3-8-21-10(2)13(15(20)22)9-14(21)11-4-6-12(7-5-11)16(17,18)19/h3-7,9H,1,8H2,2H3,(H2,20,22). The molecule has 1 aromatic heterocycles. The monoisotopic (exact) mass is 308 g/mol. The maximum Gasteiger partial charge on any atom is 0.416 e. The molecule has 0 saturated carbocycles. The molecule has 0 aliphatic rings. The van der Waals surface area contributed by atoms with Crippen molar-refractivity contribution < 1.29 is 18.0 Å². The van der Waals surface area contributed by atoms with Crippen molar-refractivity contribution in [1.29, 1.82) is 0 Å². The molecule has 2 N–H and O–H groups in total. The van der Waals surface area contributed by atoms with E-state index in [0.717, 1.165) is 12.1 Å². The van der Waals surface area contributed by atoms with Gasteiger partial charge in [-0.2, -0.15) is 13.2 Å². The van der Waals surface area contributed by atoms with Crippen LogP contribution >= 0.6 is 0 Å². The molecular formula is C16H15F3N2O. The van der Waals surface area contributed by atoms with Gasteiger partial charge in [-0.25, -0.2) is 0 Å². The first-order chi connectivity index (χ1) is 10.3. The Bertz CT molecular complexity index is 712. The van der Waals surface area contributed by atoms with Crippen LogP contribution in [0.2, 0.25) is 0 Å². The summed E-state index contributed by atoms with van der Waals surface area (Å²) in [5, 5.41) is 0. The molecule has 0 unspecified atom stereocenters.